The van der Waals surface area contributed by atoms with Gasteiger partial charge in [-0.1, -0.05) is 0 Å². The molecule has 17 heavy (non-hydrogen) atoms. The summed E-state index contributed by atoms with van der Waals surface area (Å²) in [7, 11) is 0. The zero-order chi connectivity index (χ0) is 13.2. The molecule has 0 aliphatic carbocycles. The van der Waals surface area contributed by atoms with E-state index >= 15 is 0 Å². The summed E-state index contributed by atoms with van der Waals surface area (Å²) in [6.07, 6.45) is 1.86. The Kier molecular flexibility index (Phi) is 3.57. The zero-order valence-corrected chi connectivity index (χ0v) is 9.76. The molecule has 6 heteroatoms. The second-order valence-corrected chi connectivity index (χ2v) is 3.74. The number of aryl methyl sites for hydroxylation is 1. The van der Waals surface area contributed by atoms with Gasteiger partial charge in [0.25, 0.3) is 5.69 Å². The largest absolute Gasteiger partial charge is 0.279 e. The molecular weight excluding hydrogens is 224 g/mol. The van der Waals surface area contributed by atoms with Crippen molar-refractivity contribution in [3.05, 3.63) is 54.7 Å². The van der Waals surface area contributed by atoms with Crippen LogP contribution in [0, 0.1) is 41.0 Å². The fourth-order valence-corrected chi connectivity index (χ4v) is 1.61. The predicted molar refractivity (Wildman–Crippen MR) is 63.3 cm³/mol. The van der Waals surface area contributed by atoms with E-state index in [1.54, 1.807) is 19.9 Å². The molecule has 0 radical (unpaired) electrons. The first-order chi connectivity index (χ1) is 7.84. The molecule has 1 aromatic rings. The number of nitro groups is 2. The Labute approximate surface area is 97.9 Å². The van der Waals surface area contributed by atoms with Gasteiger partial charge in [0.05, 0.1) is 15.4 Å². The van der Waals surface area contributed by atoms with Gasteiger partial charge in [0, 0.05) is 11.6 Å². The van der Waals surface area contributed by atoms with Crippen molar-refractivity contribution >= 4 is 11.8 Å². The number of benzene rings is 1. The molecule has 0 amide bonds. The van der Waals surface area contributed by atoms with Crippen LogP contribution in [0.5, 0.6) is 0 Å². The molecular formula is C11H12N2O4. The molecule has 0 unspecified atom stereocenters. The van der Waals surface area contributed by atoms with Crippen molar-refractivity contribution < 1.29 is 9.85 Å². The number of hydrogen-bond donors (Lipinski definition) is 0. The van der Waals surface area contributed by atoms with Crippen LogP contribution in [-0.2, 0) is 0 Å². The molecule has 0 fully saturated rings. The lowest BCUT2D eigenvalue weighted by atomic mass is 9.98. The Balaban J connectivity index is 3.48. The summed E-state index contributed by atoms with van der Waals surface area (Å²) in [5.74, 6) is 0. The summed E-state index contributed by atoms with van der Waals surface area (Å²) < 4.78 is 0. The minimum absolute atomic E-state index is 0.0776. The monoisotopic (exact) mass is 236 g/mol. The number of rotatable bonds is 3. The fraction of sp³-hybridized carbons (Fsp3) is 0.273. The van der Waals surface area contributed by atoms with E-state index in [0.29, 0.717) is 11.8 Å². The maximum atomic E-state index is 11.0. The lowest BCUT2D eigenvalue weighted by Crippen LogP contribution is -1.99. The molecule has 0 aliphatic rings. The normalized spacial score (nSPS) is 10.8. The topological polar surface area (TPSA) is 86.3 Å². The molecule has 0 atom stereocenters. The first-order valence-corrected chi connectivity index (χ1v) is 4.91. The summed E-state index contributed by atoms with van der Waals surface area (Å²) in [5.41, 5.74) is 2.42. The van der Waals surface area contributed by atoms with Crippen LogP contribution in [0.4, 0.5) is 5.69 Å². The molecule has 1 rings (SSSR count). The molecule has 0 heterocycles. The Morgan fingerprint density at radius 2 is 1.71 bits per heavy atom. The third-order valence-electron chi connectivity index (χ3n) is 2.71. The van der Waals surface area contributed by atoms with Crippen molar-refractivity contribution in [1.82, 2.24) is 0 Å². The smallest absolute Gasteiger partial charge is 0.259 e. The summed E-state index contributed by atoms with van der Waals surface area (Å²) in [4.78, 5) is 20.0. The Hall–Kier alpha value is -2.24. The minimum atomic E-state index is -0.645. The average molecular weight is 236 g/mol. The van der Waals surface area contributed by atoms with E-state index in [0.717, 1.165) is 17.2 Å². The summed E-state index contributed by atoms with van der Waals surface area (Å²) in [5, 5.41) is 21.2. The molecule has 6 nitrogen and oxygen atoms in total. The molecule has 90 valence electrons. The minimum Gasteiger partial charge on any atom is -0.259 e. The summed E-state index contributed by atoms with van der Waals surface area (Å²) >= 11 is 0. The van der Waals surface area contributed by atoms with Crippen LogP contribution in [-0.4, -0.2) is 9.85 Å². The molecule has 0 aliphatic heterocycles. The van der Waals surface area contributed by atoms with Gasteiger partial charge in [0.2, 0.25) is 6.20 Å². The van der Waals surface area contributed by atoms with Crippen LogP contribution >= 0.6 is 0 Å². The highest BCUT2D eigenvalue weighted by atomic mass is 16.6. The Morgan fingerprint density at radius 3 is 2.18 bits per heavy atom. The Morgan fingerprint density at radius 1 is 1.12 bits per heavy atom. The van der Waals surface area contributed by atoms with Gasteiger partial charge in [-0.3, -0.25) is 20.2 Å². The van der Waals surface area contributed by atoms with E-state index in [-0.39, 0.29) is 11.3 Å². The fourth-order valence-electron chi connectivity index (χ4n) is 1.61. The quantitative estimate of drug-likeness (QED) is 0.596. The second kappa shape index (κ2) is 4.73. The number of nitro benzene ring substituents is 1. The van der Waals surface area contributed by atoms with Gasteiger partial charge < -0.3 is 0 Å². The molecule has 0 saturated carbocycles. The standard InChI is InChI=1S/C11H12N2O4/c1-7-6-10(4-5-12(14)15)11(13(16)17)9(3)8(7)2/h4-6H,1-3H3. The molecule has 0 bridgehead atoms. The van der Waals surface area contributed by atoms with Gasteiger partial charge in [0.15, 0.2) is 0 Å². The van der Waals surface area contributed by atoms with Crippen molar-refractivity contribution in [3.8, 4) is 0 Å². The zero-order valence-electron chi connectivity index (χ0n) is 9.76. The van der Waals surface area contributed by atoms with Crippen molar-refractivity contribution in [2.45, 2.75) is 20.8 Å². The lowest BCUT2D eigenvalue weighted by Gasteiger charge is -2.07. The maximum absolute atomic E-state index is 11.0. The van der Waals surface area contributed by atoms with Crippen LogP contribution in [0.25, 0.3) is 6.08 Å². The van der Waals surface area contributed by atoms with E-state index in [1.165, 1.54) is 0 Å². The highest BCUT2D eigenvalue weighted by Gasteiger charge is 2.19. The Bertz CT molecular complexity index is 521. The van der Waals surface area contributed by atoms with Crippen LogP contribution in [0.3, 0.4) is 0 Å². The highest BCUT2D eigenvalue weighted by Crippen LogP contribution is 2.29. The van der Waals surface area contributed by atoms with Gasteiger partial charge in [-0.05, 0) is 38.0 Å². The van der Waals surface area contributed by atoms with Crippen LogP contribution in [0.15, 0.2) is 12.3 Å². The lowest BCUT2D eigenvalue weighted by molar-refractivity contribution is -0.401. The maximum Gasteiger partial charge on any atom is 0.279 e. The van der Waals surface area contributed by atoms with Gasteiger partial charge in [0.1, 0.15) is 0 Å². The average Bonchev–Trinajstić information content (AvgIpc) is 2.22. The van der Waals surface area contributed by atoms with Gasteiger partial charge in [-0.2, -0.15) is 0 Å². The van der Waals surface area contributed by atoms with E-state index < -0.39 is 9.85 Å². The van der Waals surface area contributed by atoms with Gasteiger partial charge in [-0.15, -0.1) is 0 Å². The van der Waals surface area contributed by atoms with Crippen molar-refractivity contribution in [1.29, 1.82) is 0 Å². The van der Waals surface area contributed by atoms with E-state index in [9.17, 15) is 20.2 Å². The SMILES string of the molecule is Cc1cc(C=C[N+](=O)[O-])c([N+](=O)[O-])c(C)c1C. The summed E-state index contributed by atoms with van der Waals surface area (Å²) in [6, 6.07) is 1.58. The predicted octanol–water partition coefficient (Wildman–Crippen LogP) is 2.77. The number of nitrogens with zero attached hydrogens (tertiary/aromatic N) is 2. The third kappa shape index (κ3) is 2.66. The van der Waals surface area contributed by atoms with Crippen molar-refractivity contribution in [3.63, 3.8) is 0 Å². The van der Waals surface area contributed by atoms with Crippen LogP contribution in [0.2, 0.25) is 0 Å². The first-order valence-electron chi connectivity index (χ1n) is 4.91. The molecule has 0 aromatic heterocycles. The van der Waals surface area contributed by atoms with E-state index in [2.05, 4.69) is 0 Å². The highest BCUT2D eigenvalue weighted by molar-refractivity contribution is 5.66. The van der Waals surface area contributed by atoms with Gasteiger partial charge in [-0.25, -0.2) is 0 Å². The van der Waals surface area contributed by atoms with Gasteiger partial charge >= 0.3 is 0 Å². The van der Waals surface area contributed by atoms with Crippen LogP contribution < -0.4 is 0 Å². The van der Waals surface area contributed by atoms with E-state index in [1.807, 2.05) is 6.92 Å². The number of hydrogen-bond acceptors (Lipinski definition) is 4. The summed E-state index contributed by atoms with van der Waals surface area (Å²) in [6.45, 7) is 5.25. The van der Waals surface area contributed by atoms with E-state index in [4.69, 9.17) is 0 Å². The van der Waals surface area contributed by atoms with Crippen LogP contribution in [0.1, 0.15) is 22.3 Å². The molecule has 1 aromatic carbocycles. The molecule has 0 saturated heterocycles. The van der Waals surface area contributed by atoms with Crippen molar-refractivity contribution in [2.24, 2.45) is 0 Å². The first kappa shape index (κ1) is 12.8. The second-order valence-electron chi connectivity index (χ2n) is 3.74. The van der Waals surface area contributed by atoms with Crippen molar-refractivity contribution in [2.75, 3.05) is 0 Å². The molecule has 0 spiro atoms. The third-order valence-corrected chi connectivity index (χ3v) is 2.71. The molecule has 0 N–H and O–H groups in total.